The molecule has 198 valence electrons. The van der Waals surface area contributed by atoms with Crippen LogP contribution in [0.1, 0.15) is 0 Å². The van der Waals surface area contributed by atoms with Crippen LogP contribution < -0.4 is 15.9 Å². The lowest BCUT2D eigenvalue weighted by molar-refractivity contribution is 0.592. The van der Waals surface area contributed by atoms with Crippen molar-refractivity contribution in [3.63, 3.8) is 0 Å². The van der Waals surface area contributed by atoms with Gasteiger partial charge in [-0.3, -0.25) is 9.97 Å². The molecule has 8 rings (SSSR count). The number of rotatable bonds is 4. The van der Waals surface area contributed by atoms with E-state index in [4.69, 9.17) is 15.0 Å². The molecule has 0 amide bonds. The smallest absolute Gasteiger partial charge is 0.171 e. The van der Waals surface area contributed by atoms with E-state index in [-0.39, 0.29) is 0 Å². The first-order valence-corrected chi connectivity index (χ1v) is 15.6. The van der Waals surface area contributed by atoms with Crippen molar-refractivity contribution in [2.45, 2.75) is 0 Å². The molecule has 0 aliphatic carbocycles. The quantitative estimate of drug-likeness (QED) is 0.164. The SMILES string of the molecule is O=P(c1ccccc1)(c1ccccc1)c1ccc2c(c1)nc(-c1ccccc1)c1c3cccnc3c3ncccc3c21. The molecule has 0 bridgehead atoms. The van der Waals surface area contributed by atoms with E-state index in [0.717, 1.165) is 70.7 Å². The van der Waals surface area contributed by atoms with Crippen molar-refractivity contribution < 1.29 is 4.57 Å². The minimum Gasteiger partial charge on any atom is -0.309 e. The predicted octanol–water partition coefficient (Wildman–Crippen LogP) is 7.79. The van der Waals surface area contributed by atoms with Gasteiger partial charge in [-0.25, -0.2) is 4.98 Å². The van der Waals surface area contributed by atoms with Gasteiger partial charge in [-0.2, -0.15) is 0 Å². The molecular weight excluding hydrogens is 533 g/mol. The average Bonchev–Trinajstić information content (AvgIpc) is 3.08. The zero-order valence-electron chi connectivity index (χ0n) is 22.6. The fourth-order valence-electron chi connectivity index (χ4n) is 6.11. The highest BCUT2D eigenvalue weighted by atomic mass is 31.2. The number of hydrogen-bond donors (Lipinski definition) is 0. The molecule has 0 aliphatic heterocycles. The maximum absolute atomic E-state index is 15.2. The normalized spacial score (nSPS) is 11.9. The zero-order valence-corrected chi connectivity index (χ0v) is 23.4. The maximum atomic E-state index is 15.2. The molecule has 0 fully saturated rings. The van der Waals surface area contributed by atoms with Crippen LogP contribution in [0.25, 0.3) is 54.7 Å². The Bertz CT molecular complexity index is 2280. The Hall–Kier alpha value is -5.18. The van der Waals surface area contributed by atoms with Gasteiger partial charge in [0.15, 0.2) is 7.14 Å². The van der Waals surface area contributed by atoms with Gasteiger partial charge in [0.2, 0.25) is 0 Å². The first kappa shape index (κ1) is 24.6. The molecule has 5 heteroatoms. The molecular formula is C37H24N3OP. The summed E-state index contributed by atoms with van der Waals surface area (Å²) in [5, 5.41) is 7.48. The summed E-state index contributed by atoms with van der Waals surface area (Å²) in [4.78, 5) is 14.9. The third kappa shape index (κ3) is 3.69. The molecule has 0 radical (unpaired) electrons. The molecule has 0 N–H and O–H groups in total. The Labute approximate surface area is 242 Å². The van der Waals surface area contributed by atoms with Crippen LogP contribution >= 0.6 is 7.14 Å². The molecule has 8 aromatic rings. The van der Waals surface area contributed by atoms with Gasteiger partial charge in [0, 0.05) is 60.8 Å². The number of benzene rings is 5. The van der Waals surface area contributed by atoms with E-state index in [2.05, 4.69) is 30.3 Å². The van der Waals surface area contributed by atoms with Gasteiger partial charge in [-0.15, -0.1) is 0 Å². The second kappa shape index (κ2) is 9.73. The molecule has 0 unspecified atom stereocenters. The fourth-order valence-corrected chi connectivity index (χ4v) is 8.78. The molecule has 3 aromatic heterocycles. The van der Waals surface area contributed by atoms with Crippen LogP contribution in [0.3, 0.4) is 0 Å². The van der Waals surface area contributed by atoms with E-state index in [0.29, 0.717) is 0 Å². The van der Waals surface area contributed by atoms with E-state index >= 15 is 4.57 Å². The lowest BCUT2D eigenvalue weighted by Crippen LogP contribution is -2.25. The minimum atomic E-state index is -3.18. The number of fused-ring (bicyclic) bond motifs is 8. The molecule has 4 nitrogen and oxygen atoms in total. The topological polar surface area (TPSA) is 55.7 Å². The second-order valence-corrected chi connectivity index (χ2v) is 13.1. The van der Waals surface area contributed by atoms with Crippen LogP contribution in [-0.4, -0.2) is 15.0 Å². The number of nitrogens with zero attached hydrogens (tertiary/aromatic N) is 3. The van der Waals surface area contributed by atoms with Gasteiger partial charge in [0.05, 0.1) is 22.2 Å². The van der Waals surface area contributed by atoms with Crippen LogP contribution in [0, 0.1) is 0 Å². The third-order valence-corrected chi connectivity index (χ3v) is 11.1. The molecule has 42 heavy (non-hydrogen) atoms. The van der Waals surface area contributed by atoms with Crippen molar-refractivity contribution in [3.05, 3.63) is 146 Å². The van der Waals surface area contributed by atoms with Crippen molar-refractivity contribution in [2.24, 2.45) is 0 Å². The highest BCUT2D eigenvalue weighted by Crippen LogP contribution is 2.45. The zero-order chi connectivity index (χ0) is 28.1. The minimum absolute atomic E-state index is 0.753. The highest BCUT2D eigenvalue weighted by molar-refractivity contribution is 7.85. The second-order valence-electron chi connectivity index (χ2n) is 10.4. The van der Waals surface area contributed by atoms with Crippen LogP contribution in [0.2, 0.25) is 0 Å². The number of hydrogen-bond acceptors (Lipinski definition) is 4. The van der Waals surface area contributed by atoms with Crippen molar-refractivity contribution >= 4 is 66.5 Å². The highest BCUT2D eigenvalue weighted by Gasteiger charge is 2.30. The van der Waals surface area contributed by atoms with Crippen molar-refractivity contribution in [2.75, 3.05) is 0 Å². The van der Waals surface area contributed by atoms with E-state index in [1.807, 2.05) is 116 Å². The van der Waals surface area contributed by atoms with Crippen LogP contribution in [0.5, 0.6) is 0 Å². The lowest BCUT2D eigenvalue weighted by Gasteiger charge is -2.21. The maximum Gasteiger partial charge on any atom is 0.171 e. The Kier molecular flexibility index (Phi) is 5.70. The van der Waals surface area contributed by atoms with Crippen LogP contribution in [-0.2, 0) is 4.57 Å². The fraction of sp³-hybridized carbons (Fsp3) is 0. The Morgan fingerprint density at radius 2 is 1.02 bits per heavy atom. The Morgan fingerprint density at radius 3 is 1.62 bits per heavy atom. The predicted molar refractivity (Wildman–Crippen MR) is 175 cm³/mol. The van der Waals surface area contributed by atoms with Crippen molar-refractivity contribution in [1.82, 2.24) is 15.0 Å². The summed E-state index contributed by atoms with van der Waals surface area (Å²) in [5.41, 5.74) is 4.38. The number of pyridine rings is 3. The van der Waals surface area contributed by atoms with E-state index in [1.165, 1.54) is 0 Å². The molecule has 0 saturated heterocycles. The first-order valence-electron chi connectivity index (χ1n) is 13.9. The molecule has 5 aromatic carbocycles. The van der Waals surface area contributed by atoms with Gasteiger partial charge in [-0.1, -0.05) is 115 Å². The van der Waals surface area contributed by atoms with Crippen molar-refractivity contribution in [3.8, 4) is 11.3 Å². The summed E-state index contributed by atoms with van der Waals surface area (Å²) in [6.45, 7) is 0. The lowest BCUT2D eigenvalue weighted by atomic mass is 9.93. The first-order chi connectivity index (χ1) is 20.7. The van der Waals surface area contributed by atoms with Gasteiger partial charge < -0.3 is 4.57 Å². The number of aromatic nitrogens is 3. The molecule has 0 saturated carbocycles. The van der Waals surface area contributed by atoms with Crippen LogP contribution in [0.4, 0.5) is 0 Å². The summed E-state index contributed by atoms with van der Waals surface area (Å²) >= 11 is 0. The summed E-state index contributed by atoms with van der Waals surface area (Å²) in [5.74, 6) is 0. The monoisotopic (exact) mass is 557 g/mol. The average molecular weight is 558 g/mol. The summed E-state index contributed by atoms with van der Waals surface area (Å²) in [7, 11) is -3.18. The summed E-state index contributed by atoms with van der Waals surface area (Å²) < 4.78 is 15.2. The Balaban J connectivity index is 1.54. The molecule has 0 atom stereocenters. The standard InChI is InChI=1S/C37H24N3OP/c41-42(26-14-6-2-7-15-26,27-16-8-3-9-17-27)28-20-21-29-32(24-28)40-35(25-12-4-1-5-13-25)34-31-19-11-23-39-37(31)36-30(33(29)34)18-10-22-38-36/h1-24H. The third-order valence-electron chi connectivity index (χ3n) is 8.00. The summed E-state index contributed by atoms with van der Waals surface area (Å²) in [6.07, 6.45) is 3.63. The Morgan fingerprint density at radius 1 is 0.476 bits per heavy atom. The van der Waals surface area contributed by atoms with Gasteiger partial charge >= 0.3 is 0 Å². The van der Waals surface area contributed by atoms with Gasteiger partial charge in [0.25, 0.3) is 0 Å². The largest absolute Gasteiger partial charge is 0.309 e. The van der Waals surface area contributed by atoms with E-state index in [9.17, 15) is 0 Å². The van der Waals surface area contributed by atoms with Gasteiger partial charge in [0.1, 0.15) is 0 Å². The summed E-state index contributed by atoms with van der Waals surface area (Å²) in [6, 6.07) is 44.1. The van der Waals surface area contributed by atoms with E-state index in [1.54, 1.807) is 0 Å². The molecule has 0 spiro atoms. The molecule has 3 heterocycles. The molecule has 0 aliphatic rings. The van der Waals surface area contributed by atoms with Crippen LogP contribution in [0.15, 0.2) is 146 Å². The van der Waals surface area contributed by atoms with E-state index < -0.39 is 7.14 Å². The van der Waals surface area contributed by atoms with Crippen molar-refractivity contribution in [1.29, 1.82) is 0 Å². The van der Waals surface area contributed by atoms with Gasteiger partial charge in [-0.05, 0) is 18.2 Å².